The molecule has 0 heterocycles. The number of carbonyl (C=O) groups is 1. The van der Waals surface area contributed by atoms with Crippen LogP contribution in [0.2, 0.25) is 0 Å². The minimum atomic E-state index is 0.362. The first-order valence-electron chi connectivity index (χ1n) is 6.28. The van der Waals surface area contributed by atoms with Crippen LogP contribution in [0, 0.1) is 11.8 Å². The molecule has 1 rings (SSSR count). The van der Waals surface area contributed by atoms with Gasteiger partial charge in [-0.25, -0.2) is 0 Å². The molecular weight excluding hydrogens is 172 g/mol. The van der Waals surface area contributed by atoms with E-state index in [0.29, 0.717) is 17.6 Å². The lowest BCUT2D eigenvalue weighted by Gasteiger charge is -2.13. The van der Waals surface area contributed by atoms with Gasteiger partial charge >= 0.3 is 0 Å². The van der Waals surface area contributed by atoms with Crippen LogP contribution in [0.3, 0.4) is 0 Å². The van der Waals surface area contributed by atoms with E-state index >= 15 is 0 Å². The van der Waals surface area contributed by atoms with E-state index in [9.17, 15) is 4.79 Å². The number of hydrogen-bond donors (Lipinski definition) is 0. The van der Waals surface area contributed by atoms with Crippen molar-refractivity contribution in [2.24, 2.45) is 11.8 Å². The van der Waals surface area contributed by atoms with Crippen molar-refractivity contribution in [1.82, 2.24) is 0 Å². The highest BCUT2D eigenvalue weighted by Crippen LogP contribution is 2.32. The molecule has 0 radical (unpaired) electrons. The van der Waals surface area contributed by atoms with Gasteiger partial charge in [0.25, 0.3) is 0 Å². The predicted octanol–water partition coefficient (Wildman–Crippen LogP) is 3.96. The van der Waals surface area contributed by atoms with E-state index in [-0.39, 0.29) is 0 Å². The zero-order valence-electron chi connectivity index (χ0n) is 9.72. The largest absolute Gasteiger partial charge is 0.299 e. The quantitative estimate of drug-likeness (QED) is 0.588. The van der Waals surface area contributed by atoms with Crippen LogP contribution in [0.4, 0.5) is 0 Å². The van der Waals surface area contributed by atoms with E-state index in [1.165, 1.54) is 38.5 Å². The van der Waals surface area contributed by atoms with Gasteiger partial charge in [-0.3, -0.25) is 4.79 Å². The van der Waals surface area contributed by atoms with Gasteiger partial charge in [0, 0.05) is 12.3 Å². The van der Waals surface area contributed by atoms with E-state index in [1.54, 1.807) is 0 Å². The van der Waals surface area contributed by atoms with E-state index in [0.717, 1.165) is 12.8 Å². The summed E-state index contributed by atoms with van der Waals surface area (Å²) in [5.41, 5.74) is 0. The van der Waals surface area contributed by atoms with E-state index in [4.69, 9.17) is 0 Å². The first-order chi connectivity index (χ1) is 6.75. The molecule has 82 valence electrons. The van der Waals surface area contributed by atoms with Crippen molar-refractivity contribution in [1.29, 1.82) is 0 Å². The van der Waals surface area contributed by atoms with Crippen molar-refractivity contribution in [2.45, 2.75) is 65.2 Å². The highest BCUT2D eigenvalue weighted by Gasteiger charge is 2.29. The van der Waals surface area contributed by atoms with Crippen molar-refractivity contribution in [3.8, 4) is 0 Å². The number of unbranched alkanes of at least 4 members (excludes halogenated alkanes) is 4. The van der Waals surface area contributed by atoms with E-state index < -0.39 is 0 Å². The summed E-state index contributed by atoms with van der Waals surface area (Å²) in [5.74, 6) is 1.58. The molecule has 14 heavy (non-hydrogen) atoms. The maximum atomic E-state index is 11.3. The fourth-order valence-corrected chi connectivity index (χ4v) is 2.47. The van der Waals surface area contributed by atoms with Gasteiger partial charge in [0.2, 0.25) is 0 Å². The zero-order chi connectivity index (χ0) is 10.4. The van der Waals surface area contributed by atoms with E-state index in [2.05, 4.69) is 13.8 Å². The molecule has 2 atom stereocenters. The first kappa shape index (κ1) is 11.7. The van der Waals surface area contributed by atoms with Gasteiger partial charge in [-0.15, -0.1) is 0 Å². The van der Waals surface area contributed by atoms with Crippen molar-refractivity contribution in [3.05, 3.63) is 0 Å². The highest BCUT2D eigenvalue weighted by molar-refractivity contribution is 5.82. The maximum Gasteiger partial charge on any atom is 0.135 e. The van der Waals surface area contributed by atoms with Gasteiger partial charge in [0.05, 0.1) is 0 Å². The molecule has 0 aliphatic heterocycles. The Morgan fingerprint density at radius 3 is 2.50 bits per heavy atom. The number of hydrogen-bond acceptors (Lipinski definition) is 1. The van der Waals surface area contributed by atoms with Crippen LogP contribution in [0.5, 0.6) is 0 Å². The smallest absolute Gasteiger partial charge is 0.135 e. The molecular formula is C13H24O. The Morgan fingerprint density at radius 2 is 1.93 bits per heavy atom. The van der Waals surface area contributed by atoms with Gasteiger partial charge in [0.15, 0.2) is 0 Å². The SMILES string of the molecule is CCCCCCCC1CCC(=O)C1C. The van der Waals surface area contributed by atoms with Gasteiger partial charge in [-0.2, -0.15) is 0 Å². The van der Waals surface area contributed by atoms with Crippen molar-refractivity contribution < 1.29 is 4.79 Å². The normalized spacial score (nSPS) is 27.1. The lowest BCUT2D eigenvalue weighted by atomic mass is 9.92. The molecule has 1 fully saturated rings. The Labute approximate surface area is 88.3 Å². The topological polar surface area (TPSA) is 17.1 Å². The molecule has 0 N–H and O–H groups in total. The summed E-state index contributed by atoms with van der Waals surface area (Å²) in [4.78, 5) is 11.3. The molecule has 0 aromatic rings. The second kappa shape index (κ2) is 6.21. The maximum absolute atomic E-state index is 11.3. The zero-order valence-corrected chi connectivity index (χ0v) is 9.72. The van der Waals surface area contributed by atoms with Gasteiger partial charge in [-0.05, 0) is 18.8 Å². The summed E-state index contributed by atoms with van der Waals surface area (Å²) < 4.78 is 0. The molecule has 1 heteroatoms. The molecule has 1 nitrogen and oxygen atoms in total. The second-order valence-electron chi connectivity index (χ2n) is 4.76. The lowest BCUT2D eigenvalue weighted by Crippen LogP contribution is -2.10. The summed E-state index contributed by atoms with van der Waals surface area (Å²) in [6.45, 7) is 4.36. The molecule has 0 spiro atoms. The molecule has 1 aliphatic carbocycles. The minimum absolute atomic E-state index is 0.362. The summed E-state index contributed by atoms with van der Waals surface area (Å²) in [5, 5.41) is 0. The Morgan fingerprint density at radius 1 is 1.21 bits per heavy atom. The van der Waals surface area contributed by atoms with Crippen LogP contribution >= 0.6 is 0 Å². The van der Waals surface area contributed by atoms with Crippen LogP contribution in [-0.2, 0) is 4.79 Å². The van der Waals surface area contributed by atoms with Crippen molar-refractivity contribution >= 4 is 5.78 Å². The summed E-state index contributed by atoms with van der Waals surface area (Å²) in [6, 6.07) is 0. The molecule has 2 unspecified atom stereocenters. The number of rotatable bonds is 6. The average molecular weight is 196 g/mol. The molecule has 0 aromatic carbocycles. The Kier molecular flexibility index (Phi) is 5.21. The Balaban J connectivity index is 2.04. The number of ketones is 1. The van der Waals surface area contributed by atoms with Crippen LogP contribution < -0.4 is 0 Å². The second-order valence-corrected chi connectivity index (χ2v) is 4.76. The third-order valence-corrected chi connectivity index (χ3v) is 3.65. The van der Waals surface area contributed by atoms with Gasteiger partial charge in [-0.1, -0.05) is 46.0 Å². The van der Waals surface area contributed by atoms with Crippen LogP contribution in [-0.4, -0.2) is 5.78 Å². The van der Waals surface area contributed by atoms with Crippen molar-refractivity contribution in [2.75, 3.05) is 0 Å². The molecule has 1 saturated carbocycles. The van der Waals surface area contributed by atoms with E-state index in [1.807, 2.05) is 0 Å². The number of carbonyl (C=O) groups excluding carboxylic acids is 1. The Hall–Kier alpha value is -0.330. The Bertz CT molecular complexity index is 174. The highest BCUT2D eigenvalue weighted by atomic mass is 16.1. The van der Waals surface area contributed by atoms with Crippen molar-refractivity contribution in [3.63, 3.8) is 0 Å². The van der Waals surface area contributed by atoms with Gasteiger partial charge in [0.1, 0.15) is 5.78 Å². The number of Topliss-reactive ketones (excluding diaryl/α,β-unsaturated/α-hetero) is 1. The minimum Gasteiger partial charge on any atom is -0.299 e. The van der Waals surface area contributed by atoms with Crippen LogP contribution in [0.15, 0.2) is 0 Å². The summed E-state index contributed by atoms with van der Waals surface area (Å²) >= 11 is 0. The fraction of sp³-hybridized carbons (Fsp3) is 0.923. The average Bonchev–Trinajstić information content (AvgIpc) is 2.49. The summed E-state index contributed by atoms with van der Waals surface area (Å²) in [6.07, 6.45) is 10.1. The molecule has 0 bridgehead atoms. The fourth-order valence-electron chi connectivity index (χ4n) is 2.47. The first-order valence-corrected chi connectivity index (χ1v) is 6.28. The van der Waals surface area contributed by atoms with Crippen LogP contribution in [0.25, 0.3) is 0 Å². The third-order valence-electron chi connectivity index (χ3n) is 3.65. The monoisotopic (exact) mass is 196 g/mol. The predicted molar refractivity (Wildman–Crippen MR) is 60.3 cm³/mol. The lowest BCUT2D eigenvalue weighted by molar-refractivity contribution is -0.120. The standard InChI is InChI=1S/C13H24O/c1-3-4-5-6-7-8-12-9-10-13(14)11(12)2/h11-12H,3-10H2,1-2H3. The third kappa shape index (κ3) is 3.43. The molecule has 0 aromatic heterocycles. The van der Waals surface area contributed by atoms with Crippen LogP contribution in [0.1, 0.15) is 65.2 Å². The molecule has 0 saturated heterocycles. The summed E-state index contributed by atoms with van der Waals surface area (Å²) in [7, 11) is 0. The molecule has 0 amide bonds. The molecule has 1 aliphatic rings. The van der Waals surface area contributed by atoms with Gasteiger partial charge < -0.3 is 0 Å².